The number of aliphatic carboxylic acids is 1. The van der Waals surface area contributed by atoms with Gasteiger partial charge in [0.15, 0.2) is 0 Å². The van der Waals surface area contributed by atoms with Crippen molar-refractivity contribution in [2.45, 2.75) is 162 Å². The van der Waals surface area contributed by atoms with Crippen LogP contribution in [0.15, 0.2) is 12.2 Å². The molecule has 252 valence electrons. The molecule has 0 bridgehead atoms. The number of rotatable bonds is 23. The van der Waals surface area contributed by atoms with Crippen LogP contribution in [0.25, 0.3) is 0 Å². The molecule has 10 heteroatoms. The molecule has 0 radical (unpaired) electrons. The van der Waals surface area contributed by atoms with Crippen LogP contribution in [0.4, 0.5) is 0 Å². The molecule has 4 amide bonds. The van der Waals surface area contributed by atoms with Crippen molar-refractivity contribution in [2.24, 2.45) is 5.92 Å². The smallest absolute Gasteiger partial charge is 0.326 e. The molecule has 0 aromatic heterocycles. The normalized spacial score (nSPS) is 17.0. The lowest BCUT2D eigenvalue weighted by Crippen LogP contribution is -2.56. The first kappa shape index (κ1) is 39.1. The van der Waals surface area contributed by atoms with E-state index >= 15 is 0 Å². The number of carboxylic acid groups (broad SMARTS) is 1. The number of nitrogens with one attached hydrogen (secondary N) is 3. The Morgan fingerprint density at radius 3 is 1.91 bits per heavy atom. The molecule has 1 fully saturated rings. The highest BCUT2D eigenvalue weighted by atomic mass is 16.4. The second-order valence-corrected chi connectivity index (χ2v) is 12.6. The Labute approximate surface area is 265 Å². The highest BCUT2D eigenvalue weighted by Gasteiger charge is 2.38. The highest BCUT2D eigenvalue weighted by molar-refractivity contribution is 5.95. The van der Waals surface area contributed by atoms with E-state index in [1.54, 1.807) is 27.7 Å². The number of hydrogen-bond acceptors (Lipinski definition) is 5. The molecule has 1 aliphatic rings. The van der Waals surface area contributed by atoms with E-state index in [9.17, 15) is 29.1 Å². The minimum absolute atomic E-state index is 0.196. The van der Waals surface area contributed by atoms with Gasteiger partial charge in [-0.3, -0.25) is 19.2 Å². The average Bonchev–Trinajstić information content (AvgIpc) is 3.47. The van der Waals surface area contributed by atoms with E-state index in [4.69, 9.17) is 0 Å². The van der Waals surface area contributed by atoms with Gasteiger partial charge < -0.3 is 26.0 Å². The topological polar surface area (TPSA) is 145 Å². The Morgan fingerprint density at radius 2 is 1.34 bits per heavy atom. The monoisotopic (exact) mass is 620 g/mol. The van der Waals surface area contributed by atoms with Gasteiger partial charge in [0.1, 0.15) is 24.2 Å². The van der Waals surface area contributed by atoms with Crippen LogP contribution in [0.1, 0.15) is 137 Å². The fourth-order valence-electron chi connectivity index (χ4n) is 5.45. The lowest BCUT2D eigenvalue weighted by atomic mass is 10.0. The minimum Gasteiger partial charge on any atom is -0.480 e. The van der Waals surface area contributed by atoms with Crippen molar-refractivity contribution in [3.63, 3.8) is 0 Å². The number of likely N-dealkylation sites (tertiary alicyclic amines) is 1. The van der Waals surface area contributed by atoms with Gasteiger partial charge in [-0.2, -0.15) is 0 Å². The fourth-order valence-corrected chi connectivity index (χ4v) is 5.45. The van der Waals surface area contributed by atoms with E-state index in [0.717, 1.165) is 38.5 Å². The maximum atomic E-state index is 13.1. The summed E-state index contributed by atoms with van der Waals surface area (Å²) in [5, 5.41) is 17.3. The maximum Gasteiger partial charge on any atom is 0.326 e. The van der Waals surface area contributed by atoms with Crippen molar-refractivity contribution in [3.05, 3.63) is 12.2 Å². The number of nitrogens with zero attached hydrogens (tertiary/aromatic N) is 1. The first-order valence-electron chi connectivity index (χ1n) is 17.1. The summed E-state index contributed by atoms with van der Waals surface area (Å²) in [6.07, 6.45) is 21.4. The molecule has 0 spiro atoms. The molecular formula is C34H60N4O6. The van der Waals surface area contributed by atoms with Gasteiger partial charge in [0.25, 0.3) is 0 Å². The van der Waals surface area contributed by atoms with Crippen molar-refractivity contribution in [1.82, 2.24) is 20.9 Å². The highest BCUT2D eigenvalue weighted by Crippen LogP contribution is 2.19. The van der Waals surface area contributed by atoms with Crippen molar-refractivity contribution in [3.8, 4) is 0 Å². The number of hydrogen-bond donors (Lipinski definition) is 4. The van der Waals surface area contributed by atoms with Gasteiger partial charge in [0, 0.05) is 13.0 Å². The fraction of sp³-hybridized carbons (Fsp3) is 0.794. The van der Waals surface area contributed by atoms with E-state index in [-0.39, 0.29) is 11.8 Å². The van der Waals surface area contributed by atoms with Gasteiger partial charge in [0.2, 0.25) is 23.6 Å². The summed E-state index contributed by atoms with van der Waals surface area (Å²) in [5.74, 6) is -3.04. The molecule has 1 saturated heterocycles. The Bertz CT molecular complexity index is 921. The van der Waals surface area contributed by atoms with Crippen LogP contribution in [-0.4, -0.2) is 70.3 Å². The maximum absolute atomic E-state index is 13.1. The van der Waals surface area contributed by atoms with Crippen LogP contribution in [-0.2, 0) is 24.0 Å². The van der Waals surface area contributed by atoms with Crippen LogP contribution in [0.3, 0.4) is 0 Å². The zero-order chi connectivity index (χ0) is 32.9. The predicted molar refractivity (Wildman–Crippen MR) is 174 cm³/mol. The number of carbonyl (C=O) groups excluding carboxylic acids is 4. The van der Waals surface area contributed by atoms with Gasteiger partial charge in [-0.15, -0.1) is 0 Å². The summed E-state index contributed by atoms with van der Waals surface area (Å²) in [6.45, 7) is 9.11. The zero-order valence-electron chi connectivity index (χ0n) is 28.0. The summed E-state index contributed by atoms with van der Waals surface area (Å²) in [4.78, 5) is 63.8. The SMILES string of the molecule is CCCCCCCC/C=C\CCCCCCCC(=O)NC(C)C(=O)NC(C)C(=O)N1CCCC1C(=O)NC(C(=O)O)C(C)C. The average molecular weight is 621 g/mol. The molecule has 4 atom stereocenters. The third-order valence-electron chi connectivity index (χ3n) is 8.23. The molecular weight excluding hydrogens is 560 g/mol. The van der Waals surface area contributed by atoms with Crippen molar-refractivity contribution < 1.29 is 29.1 Å². The summed E-state index contributed by atoms with van der Waals surface area (Å²) >= 11 is 0. The Hall–Kier alpha value is -2.91. The second kappa shape index (κ2) is 22.6. The third-order valence-corrected chi connectivity index (χ3v) is 8.23. The zero-order valence-corrected chi connectivity index (χ0v) is 28.0. The molecule has 0 saturated carbocycles. The lowest BCUT2D eigenvalue weighted by Gasteiger charge is -2.29. The van der Waals surface area contributed by atoms with Gasteiger partial charge in [-0.25, -0.2) is 4.79 Å². The number of allylic oxidation sites excluding steroid dienone is 2. The van der Waals surface area contributed by atoms with Gasteiger partial charge >= 0.3 is 5.97 Å². The summed E-state index contributed by atoms with van der Waals surface area (Å²) in [6, 6.07) is -3.54. The molecule has 4 N–H and O–H groups in total. The molecule has 0 aliphatic carbocycles. The van der Waals surface area contributed by atoms with Gasteiger partial charge in [-0.1, -0.05) is 84.3 Å². The van der Waals surface area contributed by atoms with E-state index in [1.165, 1.54) is 49.8 Å². The third kappa shape index (κ3) is 15.7. The lowest BCUT2D eigenvalue weighted by molar-refractivity contribution is -0.145. The van der Waals surface area contributed by atoms with Crippen LogP contribution in [0, 0.1) is 5.92 Å². The molecule has 1 aliphatic heterocycles. The molecule has 4 unspecified atom stereocenters. The molecule has 0 aromatic rings. The van der Waals surface area contributed by atoms with Crippen molar-refractivity contribution in [2.75, 3.05) is 6.54 Å². The molecule has 0 aromatic carbocycles. The van der Waals surface area contributed by atoms with Crippen LogP contribution >= 0.6 is 0 Å². The molecule has 1 rings (SSSR count). The van der Waals surface area contributed by atoms with E-state index < -0.39 is 47.9 Å². The first-order valence-corrected chi connectivity index (χ1v) is 17.1. The predicted octanol–water partition coefficient (Wildman–Crippen LogP) is 5.25. The number of amides is 4. The molecule has 1 heterocycles. The van der Waals surface area contributed by atoms with Crippen LogP contribution in [0.2, 0.25) is 0 Å². The van der Waals surface area contributed by atoms with E-state index in [2.05, 4.69) is 35.0 Å². The summed E-state index contributed by atoms with van der Waals surface area (Å²) in [7, 11) is 0. The quantitative estimate of drug-likeness (QED) is 0.0907. The summed E-state index contributed by atoms with van der Waals surface area (Å²) < 4.78 is 0. The summed E-state index contributed by atoms with van der Waals surface area (Å²) in [5.41, 5.74) is 0. The minimum atomic E-state index is -1.13. The molecule has 10 nitrogen and oxygen atoms in total. The van der Waals surface area contributed by atoms with E-state index in [1.807, 2.05) is 0 Å². The van der Waals surface area contributed by atoms with Crippen molar-refractivity contribution >= 4 is 29.6 Å². The Morgan fingerprint density at radius 1 is 0.773 bits per heavy atom. The van der Waals surface area contributed by atoms with Crippen LogP contribution < -0.4 is 16.0 Å². The standard InChI is InChI=1S/C34H60N4O6/c1-6-7-8-9-10-11-12-13-14-15-16-17-18-19-20-23-29(39)35-26(4)31(40)36-27(5)33(42)38-24-21-22-28(38)32(41)37-30(25(2)3)34(43)44/h13-14,25-28,30H,6-12,15-24H2,1-5H3,(H,35,39)(H,36,40)(H,37,41)(H,43,44)/b14-13-. The second-order valence-electron chi connectivity index (χ2n) is 12.6. The number of unbranched alkanes of at least 4 members (excludes halogenated alkanes) is 11. The van der Waals surface area contributed by atoms with Gasteiger partial charge in [0.05, 0.1) is 0 Å². The largest absolute Gasteiger partial charge is 0.480 e. The number of carboxylic acids is 1. The number of carbonyl (C=O) groups is 5. The Balaban J connectivity index is 2.27. The molecule has 44 heavy (non-hydrogen) atoms. The van der Waals surface area contributed by atoms with Crippen LogP contribution in [0.5, 0.6) is 0 Å². The Kier molecular flexibility index (Phi) is 20.1. The van der Waals surface area contributed by atoms with Gasteiger partial charge in [-0.05, 0) is 64.7 Å². The van der Waals surface area contributed by atoms with E-state index in [0.29, 0.717) is 25.8 Å². The van der Waals surface area contributed by atoms with Crippen molar-refractivity contribution in [1.29, 1.82) is 0 Å². The first-order chi connectivity index (χ1) is 21.0.